The fraction of sp³-hybridized carbons (Fsp3) is 0.600. The van der Waals surface area contributed by atoms with Gasteiger partial charge in [0.15, 0.2) is 0 Å². The SMILES string of the molecule is C[C@H]1OCCN[C@@H]1C(=O)N1CCN(c2ncc(Cl)cc2Cl)CC1.Cl.Cl. The minimum atomic E-state index is -0.257. The van der Waals surface area contributed by atoms with Crippen molar-refractivity contribution in [2.45, 2.75) is 19.1 Å². The van der Waals surface area contributed by atoms with Gasteiger partial charge in [-0.25, -0.2) is 4.98 Å². The van der Waals surface area contributed by atoms with E-state index in [9.17, 15) is 4.79 Å². The Kier molecular flexibility index (Phi) is 9.01. The van der Waals surface area contributed by atoms with E-state index < -0.39 is 0 Å². The van der Waals surface area contributed by atoms with Crippen LogP contribution in [0.15, 0.2) is 12.3 Å². The number of ether oxygens (including phenoxy) is 1. The van der Waals surface area contributed by atoms with Crippen molar-refractivity contribution in [2.75, 3.05) is 44.2 Å². The molecule has 6 nitrogen and oxygen atoms in total. The summed E-state index contributed by atoms with van der Waals surface area (Å²) < 4.78 is 5.56. The summed E-state index contributed by atoms with van der Waals surface area (Å²) in [6.45, 7) is 5.98. The van der Waals surface area contributed by atoms with Crippen LogP contribution < -0.4 is 10.2 Å². The molecule has 1 aromatic heterocycles. The first-order valence-corrected chi connectivity index (χ1v) is 8.51. The molecule has 2 atom stereocenters. The maximum Gasteiger partial charge on any atom is 0.242 e. The highest BCUT2D eigenvalue weighted by Gasteiger charge is 2.33. The molecule has 1 aromatic rings. The van der Waals surface area contributed by atoms with Crippen LogP contribution in [0.1, 0.15) is 6.92 Å². The van der Waals surface area contributed by atoms with Crippen LogP contribution >= 0.6 is 48.0 Å². The van der Waals surface area contributed by atoms with Crippen LogP contribution in [0.5, 0.6) is 0 Å². The summed E-state index contributed by atoms with van der Waals surface area (Å²) in [4.78, 5) is 20.9. The number of nitrogens with zero attached hydrogens (tertiary/aromatic N) is 3. The summed E-state index contributed by atoms with van der Waals surface area (Å²) >= 11 is 12.1. The van der Waals surface area contributed by atoms with Crippen molar-refractivity contribution in [3.8, 4) is 0 Å². The summed E-state index contributed by atoms with van der Waals surface area (Å²) in [6.07, 6.45) is 1.49. The molecule has 2 aliphatic rings. The predicted molar refractivity (Wildman–Crippen MR) is 105 cm³/mol. The van der Waals surface area contributed by atoms with Gasteiger partial charge in [0.2, 0.25) is 5.91 Å². The maximum absolute atomic E-state index is 12.6. The fourth-order valence-electron chi connectivity index (χ4n) is 2.98. The predicted octanol–water partition coefficient (Wildman–Crippen LogP) is 2.26. The smallest absolute Gasteiger partial charge is 0.242 e. The molecule has 3 heterocycles. The molecule has 0 aliphatic carbocycles. The van der Waals surface area contributed by atoms with Crippen LogP contribution in [0.2, 0.25) is 10.0 Å². The largest absolute Gasteiger partial charge is 0.375 e. The molecule has 0 radical (unpaired) electrons. The van der Waals surface area contributed by atoms with Crippen molar-refractivity contribution in [1.29, 1.82) is 0 Å². The topological polar surface area (TPSA) is 57.7 Å². The van der Waals surface area contributed by atoms with Gasteiger partial charge in [0.05, 0.1) is 22.8 Å². The van der Waals surface area contributed by atoms with Gasteiger partial charge >= 0.3 is 0 Å². The number of anilines is 1. The Morgan fingerprint density at radius 3 is 2.56 bits per heavy atom. The molecule has 0 saturated carbocycles. The van der Waals surface area contributed by atoms with Crippen molar-refractivity contribution in [3.05, 3.63) is 22.3 Å². The summed E-state index contributed by atoms with van der Waals surface area (Å²) in [6, 6.07) is 1.43. The van der Waals surface area contributed by atoms with Crippen LogP contribution in [0.3, 0.4) is 0 Å². The van der Waals surface area contributed by atoms with Crippen molar-refractivity contribution in [2.24, 2.45) is 0 Å². The molecule has 25 heavy (non-hydrogen) atoms. The van der Waals surface area contributed by atoms with Gasteiger partial charge in [-0.15, -0.1) is 24.8 Å². The third-order valence-corrected chi connectivity index (χ3v) is 4.75. The molecule has 10 heteroatoms. The molecule has 0 unspecified atom stereocenters. The summed E-state index contributed by atoms with van der Waals surface area (Å²) in [5.74, 6) is 0.822. The van der Waals surface area contributed by atoms with Gasteiger partial charge < -0.3 is 19.9 Å². The molecule has 1 N–H and O–H groups in total. The highest BCUT2D eigenvalue weighted by atomic mass is 35.5. The number of nitrogens with one attached hydrogen (secondary N) is 1. The normalized spacial score (nSPS) is 23.5. The Bertz CT molecular complexity index is 585. The maximum atomic E-state index is 12.6. The van der Waals surface area contributed by atoms with Crippen molar-refractivity contribution in [1.82, 2.24) is 15.2 Å². The second kappa shape index (κ2) is 10.00. The van der Waals surface area contributed by atoms with Gasteiger partial charge in [-0.05, 0) is 13.0 Å². The average Bonchev–Trinajstić information content (AvgIpc) is 2.55. The van der Waals surface area contributed by atoms with E-state index in [1.54, 1.807) is 12.3 Å². The van der Waals surface area contributed by atoms with Crippen LogP contribution in [0.4, 0.5) is 5.82 Å². The van der Waals surface area contributed by atoms with E-state index in [0.717, 1.165) is 5.82 Å². The molecule has 0 aromatic carbocycles. The fourth-order valence-corrected chi connectivity index (χ4v) is 3.48. The van der Waals surface area contributed by atoms with E-state index in [4.69, 9.17) is 27.9 Å². The Hall–Kier alpha value is -0.500. The lowest BCUT2D eigenvalue weighted by molar-refractivity contribution is -0.139. The number of carbonyl (C=O) groups is 1. The molecule has 142 valence electrons. The zero-order valence-electron chi connectivity index (χ0n) is 13.8. The Labute approximate surface area is 170 Å². The van der Waals surface area contributed by atoms with Crippen LogP contribution in [0.25, 0.3) is 0 Å². The first kappa shape index (κ1) is 22.5. The first-order valence-electron chi connectivity index (χ1n) is 7.76. The number of hydrogen-bond acceptors (Lipinski definition) is 5. The number of piperazine rings is 1. The number of aromatic nitrogens is 1. The molecule has 1 amide bonds. The van der Waals surface area contributed by atoms with E-state index >= 15 is 0 Å². The van der Waals surface area contributed by atoms with Crippen LogP contribution in [-0.2, 0) is 9.53 Å². The van der Waals surface area contributed by atoms with E-state index in [2.05, 4.69) is 15.2 Å². The minimum absolute atomic E-state index is 0. The lowest BCUT2D eigenvalue weighted by Gasteiger charge is -2.39. The standard InChI is InChI=1S/C15H20Cl2N4O2.2ClH/c1-10-13(18-2-7-23-10)15(22)21-5-3-20(4-6-21)14-12(17)8-11(16)9-19-14;;/h8-10,13,18H,2-7H2,1H3;2*1H/t10-,13+;;/m1../s1. The lowest BCUT2D eigenvalue weighted by atomic mass is 10.1. The monoisotopic (exact) mass is 430 g/mol. The Morgan fingerprint density at radius 2 is 1.96 bits per heavy atom. The Balaban J connectivity index is 0.00000156. The van der Waals surface area contributed by atoms with Crippen LogP contribution in [0, 0.1) is 0 Å². The molecular weight excluding hydrogens is 410 g/mol. The first-order chi connectivity index (χ1) is 11.1. The molecule has 2 aliphatic heterocycles. The quantitative estimate of drug-likeness (QED) is 0.778. The Morgan fingerprint density at radius 1 is 1.28 bits per heavy atom. The average molecular weight is 432 g/mol. The number of pyridine rings is 1. The number of morpholine rings is 1. The second-order valence-corrected chi connectivity index (χ2v) is 6.62. The highest BCUT2D eigenvalue weighted by molar-refractivity contribution is 6.36. The zero-order chi connectivity index (χ0) is 16.4. The molecule has 2 saturated heterocycles. The molecule has 3 rings (SSSR count). The number of rotatable bonds is 2. The van der Waals surface area contributed by atoms with Crippen molar-refractivity contribution in [3.63, 3.8) is 0 Å². The molecular formula is C15H22Cl4N4O2. The van der Waals surface area contributed by atoms with Gasteiger partial charge in [0, 0.05) is 38.9 Å². The number of carbonyl (C=O) groups excluding carboxylic acids is 1. The number of amides is 1. The number of halogens is 4. The molecule has 0 bridgehead atoms. The summed E-state index contributed by atoms with van der Waals surface area (Å²) in [5, 5.41) is 4.30. The lowest BCUT2D eigenvalue weighted by Crippen LogP contribution is -2.59. The minimum Gasteiger partial charge on any atom is -0.375 e. The van der Waals surface area contributed by atoms with Crippen LogP contribution in [-0.4, -0.2) is 67.3 Å². The van der Waals surface area contributed by atoms with E-state index in [1.165, 1.54) is 0 Å². The summed E-state index contributed by atoms with van der Waals surface area (Å²) in [5.41, 5.74) is 0. The van der Waals surface area contributed by atoms with Crippen molar-refractivity contribution >= 4 is 59.7 Å². The molecule has 0 spiro atoms. The zero-order valence-corrected chi connectivity index (χ0v) is 16.9. The third kappa shape index (κ3) is 5.25. The highest BCUT2D eigenvalue weighted by Crippen LogP contribution is 2.26. The summed E-state index contributed by atoms with van der Waals surface area (Å²) in [7, 11) is 0. The molecule has 2 fully saturated rings. The van der Waals surface area contributed by atoms with Gasteiger partial charge in [-0.2, -0.15) is 0 Å². The second-order valence-electron chi connectivity index (χ2n) is 5.78. The van der Waals surface area contributed by atoms with Gasteiger partial charge in [-0.3, -0.25) is 4.79 Å². The van der Waals surface area contributed by atoms with Crippen molar-refractivity contribution < 1.29 is 9.53 Å². The third-order valence-electron chi connectivity index (χ3n) is 4.26. The number of hydrogen-bond donors (Lipinski definition) is 1. The van der Waals surface area contributed by atoms with Gasteiger partial charge in [0.1, 0.15) is 11.9 Å². The van der Waals surface area contributed by atoms with E-state index in [-0.39, 0.29) is 42.9 Å². The van der Waals surface area contributed by atoms with E-state index in [0.29, 0.717) is 49.4 Å². The van der Waals surface area contributed by atoms with Gasteiger partial charge in [0.25, 0.3) is 0 Å². The van der Waals surface area contributed by atoms with Gasteiger partial charge in [-0.1, -0.05) is 23.2 Å². The van der Waals surface area contributed by atoms with E-state index in [1.807, 2.05) is 11.8 Å².